The minimum Gasteiger partial charge on any atom is -0.443 e. The predicted octanol–water partition coefficient (Wildman–Crippen LogP) is 6.23. The van der Waals surface area contributed by atoms with Crippen LogP contribution in [0.5, 0.6) is 0 Å². The minimum absolute atomic E-state index is 0.00870. The maximum Gasteiger partial charge on any atom is 0.425 e. The second-order valence-corrected chi connectivity index (χ2v) is 14.9. The first-order valence-electron chi connectivity index (χ1n) is 14.7. The van der Waals surface area contributed by atoms with Crippen molar-refractivity contribution in [2.45, 2.75) is 105 Å². The van der Waals surface area contributed by atoms with Gasteiger partial charge in [0.15, 0.2) is 35.2 Å². The molecular formula is C28H42ClFN5O10P. The smallest absolute Gasteiger partial charge is 0.425 e. The summed E-state index contributed by atoms with van der Waals surface area (Å²) in [5.74, 6) is -3.28. The Bertz CT molecular complexity index is 1440. The Morgan fingerprint density at radius 3 is 2.09 bits per heavy atom. The zero-order chi connectivity index (χ0) is 34.8. The number of amides is 2. The van der Waals surface area contributed by atoms with E-state index in [1.807, 2.05) is 0 Å². The molecule has 0 bridgehead atoms. The van der Waals surface area contributed by atoms with Gasteiger partial charge >= 0.3 is 19.8 Å². The largest absolute Gasteiger partial charge is 0.443 e. The Labute approximate surface area is 271 Å². The third-order valence-electron chi connectivity index (χ3n) is 6.36. The molecular weight excluding hydrogens is 652 g/mol. The summed E-state index contributed by atoms with van der Waals surface area (Å²) in [6.45, 7) is 15.3. The summed E-state index contributed by atoms with van der Waals surface area (Å²) in [6, 6.07) is 0. The number of Topliss-reactive ketones (excluding diaryl/α,β-unsaturated/α-hetero) is 1. The molecule has 258 valence electrons. The quantitative estimate of drug-likeness (QED) is 0.192. The van der Waals surface area contributed by atoms with E-state index in [0.29, 0.717) is 4.90 Å². The van der Waals surface area contributed by atoms with Gasteiger partial charge in [0.25, 0.3) is 0 Å². The highest BCUT2D eigenvalue weighted by atomic mass is 35.5. The number of hydrogen-bond donors (Lipinski definition) is 0. The van der Waals surface area contributed by atoms with Crippen LogP contribution in [-0.2, 0) is 37.4 Å². The highest BCUT2D eigenvalue weighted by molar-refractivity contribution is 7.55. The molecule has 15 nitrogen and oxygen atoms in total. The average molecular weight is 694 g/mol. The molecule has 0 aliphatic carbocycles. The fraction of sp³-hybridized carbons (Fsp3) is 0.714. The van der Waals surface area contributed by atoms with Gasteiger partial charge in [-0.2, -0.15) is 14.9 Å². The lowest BCUT2D eigenvalue weighted by Crippen LogP contribution is -2.44. The Morgan fingerprint density at radius 1 is 1.07 bits per heavy atom. The van der Waals surface area contributed by atoms with Crippen molar-refractivity contribution in [2.75, 3.05) is 24.7 Å². The summed E-state index contributed by atoms with van der Waals surface area (Å²) < 4.78 is 63.5. The van der Waals surface area contributed by atoms with E-state index < -0.39 is 72.3 Å². The Hall–Kier alpha value is -2.75. The number of imidazole rings is 1. The first-order valence-corrected chi connectivity index (χ1v) is 16.7. The number of nitrogens with zero attached hydrogens (tertiary/aromatic N) is 5. The maximum atomic E-state index is 15.8. The molecule has 1 fully saturated rings. The number of fused-ring (bicyclic) bond motifs is 1. The van der Waals surface area contributed by atoms with Crippen LogP contribution in [0.2, 0.25) is 5.28 Å². The first-order chi connectivity index (χ1) is 21.2. The standard InChI is InChI=1S/C28H42ClFN5O10P/c1-11-41-46(39,42-12-2)23(16(4)36)40-13-17-15(3)18(30)22(43-17)34-14-31-19-20(34)32-24(29)33-21(19)35(25(37)44-27(5,6)7)26(38)45-28(8,9)10/h14-15,17-18,22-23H,11-13H2,1-10H3/t15-,17-,18+,22-,23-/m1/s1. The fourth-order valence-corrected chi connectivity index (χ4v) is 6.42. The van der Waals surface area contributed by atoms with Gasteiger partial charge in [-0.3, -0.25) is 13.9 Å². The number of alkyl halides is 1. The van der Waals surface area contributed by atoms with Crippen molar-refractivity contribution in [1.29, 1.82) is 0 Å². The van der Waals surface area contributed by atoms with Crippen LogP contribution in [-0.4, -0.2) is 86.6 Å². The van der Waals surface area contributed by atoms with Gasteiger partial charge in [-0.05, 0) is 73.9 Å². The molecule has 5 atom stereocenters. The van der Waals surface area contributed by atoms with Gasteiger partial charge in [0.1, 0.15) is 11.2 Å². The maximum absolute atomic E-state index is 15.8. The SMILES string of the molecule is CCOP(=O)(OCC)[C@@H](OC[C@H]1O[C@@H](n2cnc3c(N(C(=O)OC(C)(C)C)C(=O)OC(C)(C)C)nc(Cl)nc32)[C@@H](F)[C@@H]1C)C(C)=O. The van der Waals surface area contributed by atoms with Crippen LogP contribution < -0.4 is 4.90 Å². The van der Waals surface area contributed by atoms with Gasteiger partial charge in [-0.1, -0.05) is 6.92 Å². The third-order valence-corrected chi connectivity index (χ3v) is 8.85. The Kier molecular flexibility index (Phi) is 11.9. The van der Waals surface area contributed by atoms with E-state index in [9.17, 15) is 18.9 Å². The molecule has 2 amide bonds. The fourth-order valence-electron chi connectivity index (χ4n) is 4.48. The molecule has 1 aliphatic heterocycles. The first kappa shape index (κ1) is 37.7. The number of carbonyl (C=O) groups is 3. The molecule has 3 heterocycles. The lowest BCUT2D eigenvalue weighted by molar-refractivity contribution is -0.128. The topological polar surface area (TPSA) is 170 Å². The van der Waals surface area contributed by atoms with E-state index in [-0.39, 0.29) is 36.8 Å². The summed E-state index contributed by atoms with van der Waals surface area (Å²) in [6.07, 6.45) is -4.94. The van der Waals surface area contributed by atoms with Gasteiger partial charge in [0.05, 0.1) is 32.3 Å². The number of imide groups is 1. The van der Waals surface area contributed by atoms with E-state index in [1.165, 1.54) is 17.8 Å². The highest BCUT2D eigenvalue weighted by Crippen LogP contribution is 2.54. The van der Waals surface area contributed by atoms with Crippen molar-refractivity contribution in [1.82, 2.24) is 19.5 Å². The Morgan fingerprint density at radius 2 is 1.61 bits per heavy atom. The summed E-state index contributed by atoms with van der Waals surface area (Å²) >= 11 is 6.25. The van der Waals surface area contributed by atoms with Gasteiger partial charge in [-0.25, -0.2) is 19.0 Å². The van der Waals surface area contributed by atoms with Crippen LogP contribution in [0.4, 0.5) is 19.8 Å². The molecule has 2 aromatic heterocycles. The van der Waals surface area contributed by atoms with Crippen LogP contribution in [0.15, 0.2) is 6.33 Å². The van der Waals surface area contributed by atoms with E-state index in [0.717, 1.165) is 0 Å². The van der Waals surface area contributed by atoms with Crippen LogP contribution >= 0.6 is 19.2 Å². The second kappa shape index (κ2) is 14.6. The zero-order valence-electron chi connectivity index (χ0n) is 27.6. The lowest BCUT2D eigenvalue weighted by atomic mass is 10.0. The zero-order valence-corrected chi connectivity index (χ0v) is 29.3. The summed E-state index contributed by atoms with van der Waals surface area (Å²) in [4.78, 5) is 52.0. The normalized spacial score (nSPS) is 21.3. The molecule has 1 aliphatic rings. The summed E-state index contributed by atoms with van der Waals surface area (Å²) in [5, 5.41) is -0.394. The number of anilines is 1. The van der Waals surface area contributed by atoms with Crippen molar-refractivity contribution in [3.05, 3.63) is 11.6 Å². The van der Waals surface area contributed by atoms with E-state index >= 15 is 4.39 Å². The molecule has 1 saturated heterocycles. The number of halogens is 2. The van der Waals surface area contributed by atoms with E-state index in [4.69, 9.17) is 39.6 Å². The molecule has 0 aromatic carbocycles. The molecule has 46 heavy (non-hydrogen) atoms. The predicted molar refractivity (Wildman–Crippen MR) is 165 cm³/mol. The van der Waals surface area contributed by atoms with E-state index in [1.54, 1.807) is 62.3 Å². The molecule has 0 unspecified atom stereocenters. The Balaban J connectivity index is 1.98. The number of ketones is 1. The molecule has 0 radical (unpaired) electrons. The third kappa shape index (κ3) is 8.78. The van der Waals surface area contributed by atoms with Crippen molar-refractivity contribution in [3.8, 4) is 0 Å². The van der Waals surface area contributed by atoms with Crippen molar-refractivity contribution in [3.63, 3.8) is 0 Å². The number of rotatable bonds is 11. The van der Waals surface area contributed by atoms with Crippen LogP contribution in [0, 0.1) is 5.92 Å². The van der Waals surface area contributed by atoms with Crippen molar-refractivity contribution >= 4 is 54.1 Å². The second-order valence-electron chi connectivity index (χ2n) is 12.5. The molecule has 0 saturated carbocycles. The van der Waals surface area contributed by atoms with Crippen molar-refractivity contribution < 1.29 is 51.3 Å². The monoisotopic (exact) mass is 693 g/mol. The number of hydrogen-bond acceptors (Lipinski definition) is 13. The van der Waals surface area contributed by atoms with Gasteiger partial charge in [0, 0.05) is 5.92 Å². The minimum atomic E-state index is -3.99. The van der Waals surface area contributed by atoms with Crippen LogP contribution in [0.3, 0.4) is 0 Å². The molecule has 2 aromatic rings. The molecule has 18 heteroatoms. The van der Waals surface area contributed by atoms with Crippen LogP contribution in [0.25, 0.3) is 11.2 Å². The lowest BCUT2D eigenvalue weighted by Gasteiger charge is -2.28. The number of ether oxygens (including phenoxy) is 4. The van der Waals surface area contributed by atoms with Gasteiger partial charge in [-0.15, -0.1) is 0 Å². The average Bonchev–Trinajstić information content (AvgIpc) is 3.42. The summed E-state index contributed by atoms with van der Waals surface area (Å²) in [5.41, 5.74) is -2.17. The van der Waals surface area contributed by atoms with Gasteiger partial charge < -0.3 is 28.0 Å². The summed E-state index contributed by atoms with van der Waals surface area (Å²) in [7, 11) is -3.99. The number of carbonyl (C=O) groups excluding carboxylic acids is 3. The van der Waals surface area contributed by atoms with E-state index in [2.05, 4.69) is 15.0 Å². The number of aromatic nitrogens is 4. The highest BCUT2D eigenvalue weighted by Gasteiger charge is 2.47. The van der Waals surface area contributed by atoms with Crippen molar-refractivity contribution in [2.24, 2.45) is 5.92 Å². The molecule has 0 spiro atoms. The van der Waals surface area contributed by atoms with Gasteiger partial charge in [0.2, 0.25) is 11.1 Å². The molecule has 3 rings (SSSR count). The molecule has 0 N–H and O–H groups in total. The van der Waals surface area contributed by atoms with Crippen LogP contribution in [0.1, 0.15) is 75.5 Å².